The highest BCUT2D eigenvalue weighted by molar-refractivity contribution is 6.30. The van der Waals surface area contributed by atoms with Crippen LogP contribution in [0.3, 0.4) is 0 Å². The molecule has 7 heteroatoms. The van der Waals surface area contributed by atoms with Crippen LogP contribution >= 0.6 is 11.6 Å². The van der Waals surface area contributed by atoms with Gasteiger partial charge in [0.2, 0.25) is 11.8 Å². The molecule has 0 aliphatic carbocycles. The Hall–Kier alpha value is -3.51. The quantitative estimate of drug-likeness (QED) is 0.254. The summed E-state index contributed by atoms with van der Waals surface area (Å²) in [6, 6.07) is 23.9. The van der Waals surface area contributed by atoms with E-state index in [0.29, 0.717) is 42.5 Å². The molecule has 0 fully saturated rings. The van der Waals surface area contributed by atoms with E-state index in [4.69, 9.17) is 21.1 Å². The van der Waals surface area contributed by atoms with E-state index in [-0.39, 0.29) is 24.3 Å². The molecule has 6 nitrogen and oxygen atoms in total. The molecule has 0 spiro atoms. The first-order chi connectivity index (χ1) is 18.4. The smallest absolute Gasteiger partial charge is 0.243 e. The third-order valence-electron chi connectivity index (χ3n) is 6.38. The highest BCUT2D eigenvalue weighted by Crippen LogP contribution is 2.20. The van der Waals surface area contributed by atoms with Crippen LogP contribution in [0.4, 0.5) is 0 Å². The summed E-state index contributed by atoms with van der Waals surface area (Å²) >= 11 is 5.94. The Labute approximate surface area is 230 Å². The van der Waals surface area contributed by atoms with Crippen molar-refractivity contribution in [3.8, 4) is 11.5 Å². The molecule has 0 radical (unpaired) electrons. The third kappa shape index (κ3) is 9.10. The first kappa shape index (κ1) is 29.1. The van der Waals surface area contributed by atoms with Gasteiger partial charge in [0.15, 0.2) is 0 Å². The minimum absolute atomic E-state index is 0.00215. The number of nitrogens with zero attached hydrogens (tertiary/aromatic N) is 1. The van der Waals surface area contributed by atoms with Crippen molar-refractivity contribution in [1.29, 1.82) is 0 Å². The first-order valence-corrected chi connectivity index (χ1v) is 13.4. The van der Waals surface area contributed by atoms with Gasteiger partial charge in [-0.15, -0.1) is 0 Å². The van der Waals surface area contributed by atoms with Crippen LogP contribution in [0.2, 0.25) is 5.02 Å². The summed E-state index contributed by atoms with van der Waals surface area (Å²) in [7, 11) is 1.61. The second-order valence-electron chi connectivity index (χ2n) is 9.30. The van der Waals surface area contributed by atoms with Crippen LogP contribution in [0.25, 0.3) is 0 Å². The Morgan fingerprint density at radius 1 is 0.947 bits per heavy atom. The molecule has 0 unspecified atom stereocenters. The summed E-state index contributed by atoms with van der Waals surface area (Å²) in [6.07, 6.45) is 1.98. The number of amides is 2. The van der Waals surface area contributed by atoms with Crippen LogP contribution < -0.4 is 14.8 Å². The molecule has 0 saturated carbocycles. The summed E-state index contributed by atoms with van der Waals surface area (Å²) in [5.74, 6) is 1.14. The van der Waals surface area contributed by atoms with E-state index in [9.17, 15) is 9.59 Å². The highest BCUT2D eigenvalue weighted by Gasteiger charge is 2.30. The van der Waals surface area contributed by atoms with Crippen molar-refractivity contribution in [2.45, 2.75) is 58.2 Å². The summed E-state index contributed by atoms with van der Waals surface area (Å²) < 4.78 is 11.2. The molecule has 0 aliphatic heterocycles. The molecule has 3 aromatic rings. The van der Waals surface area contributed by atoms with E-state index in [0.717, 1.165) is 17.5 Å². The fraction of sp³-hybridized carbons (Fsp3) is 0.355. The summed E-state index contributed by atoms with van der Waals surface area (Å²) in [4.78, 5) is 28.9. The molecule has 0 bridgehead atoms. The lowest BCUT2D eigenvalue weighted by molar-refractivity contribution is -0.141. The Kier molecular flexibility index (Phi) is 11.5. The van der Waals surface area contributed by atoms with E-state index in [1.807, 2.05) is 68.4 Å². The maximum Gasteiger partial charge on any atom is 0.243 e. The first-order valence-electron chi connectivity index (χ1n) is 13.0. The maximum absolute atomic E-state index is 13.7. The lowest BCUT2D eigenvalue weighted by Gasteiger charge is -2.32. The number of halogens is 1. The summed E-state index contributed by atoms with van der Waals surface area (Å²) in [5.41, 5.74) is 1.89. The average Bonchev–Trinajstić information content (AvgIpc) is 2.94. The normalized spacial score (nSPS) is 12.3. The number of carbonyl (C=O) groups is 2. The predicted molar refractivity (Wildman–Crippen MR) is 152 cm³/mol. The largest absolute Gasteiger partial charge is 0.497 e. The van der Waals surface area contributed by atoms with Gasteiger partial charge in [0.1, 0.15) is 17.5 Å². The van der Waals surface area contributed by atoms with Crippen molar-refractivity contribution in [1.82, 2.24) is 10.2 Å². The van der Waals surface area contributed by atoms with Gasteiger partial charge < -0.3 is 19.7 Å². The number of nitrogens with one attached hydrogen (secondary N) is 1. The molecular formula is C31H37ClN2O4. The van der Waals surface area contributed by atoms with E-state index >= 15 is 0 Å². The van der Waals surface area contributed by atoms with Gasteiger partial charge in [-0.1, -0.05) is 61.0 Å². The Morgan fingerprint density at radius 2 is 1.66 bits per heavy atom. The molecule has 0 aromatic heterocycles. The van der Waals surface area contributed by atoms with Crippen LogP contribution in [-0.4, -0.2) is 42.5 Å². The summed E-state index contributed by atoms with van der Waals surface area (Å²) in [5, 5.41) is 3.73. The molecule has 1 N–H and O–H groups in total. The van der Waals surface area contributed by atoms with Crippen LogP contribution in [0.1, 0.15) is 44.2 Å². The summed E-state index contributed by atoms with van der Waals surface area (Å²) in [6.45, 7) is 4.67. The number of benzene rings is 3. The molecule has 2 amide bonds. The lowest BCUT2D eigenvalue weighted by Crippen LogP contribution is -2.52. The van der Waals surface area contributed by atoms with Gasteiger partial charge in [-0.25, -0.2) is 0 Å². The van der Waals surface area contributed by atoms with Crippen molar-refractivity contribution in [3.05, 3.63) is 95.0 Å². The molecule has 3 aromatic carbocycles. The van der Waals surface area contributed by atoms with Crippen LogP contribution in [0.15, 0.2) is 78.9 Å². The van der Waals surface area contributed by atoms with Gasteiger partial charge in [0.25, 0.3) is 0 Å². The lowest BCUT2D eigenvalue weighted by atomic mass is 10.0. The standard InChI is InChI=1S/C31H37ClN2O4/c1-4-23(2)33-31(36)29(21-24-10-6-5-7-11-24)34(22-25-12-8-13-28(20-25)37-3)30(35)14-9-19-38-27-17-15-26(32)16-18-27/h5-8,10-13,15-18,20,23,29H,4,9,14,19,21-22H2,1-3H3,(H,33,36)/t23-,29-/m1/s1. The Morgan fingerprint density at radius 3 is 2.34 bits per heavy atom. The van der Waals surface area contributed by atoms with Gasteiger partial charge >= 0.3 is 0 Å². The second-order valence-corrected chi connectivity index (χ2v) is 9.74. The zero-order valence-electron chi connectivity index (χ0n) is 22.4. The van der Waals surface area contributed by atoms with Crippen LogP contribution in [0, 0.1) is 0 Å². The molecule has 0 aliphatic rings. The topological polar surface area (TPSA) is 67.9 Å². The van der Waals surface area contributed by atoms with Gasteiger partial charge in [-0.05, 0) is 67.3 Å². The van der Waals surface area contributed by atoms with E-state index in [1.165, 1.54) is 0 Å². The average molecular weight is 537 g/mol. The Balaban J connectivity index is 1.81. The molecule has 202 valence electrons. The van der Waals surface area contributed by atoms with E-state index in [1.54, 1.807) is 36.3 Å². The van der Waals surface area contributed by atoms with E-state index < -0.39 is 6.04 Å². The highest BCUT2D eigenvalue weighted by atomic mass is 35.5. The third-order valence-corrected chi connectivity index (χ3v) is 6.63. The number of hydrogen-bond donors (Lipinski definition) is 1. The van der Waals surface area contributed by atoms with Crippen LogP contribution in [0.5, 0.6) is 11.5 Å². The zero-order chi connectivity index (χ0) is 27.3. The SMILES string of the molecule is CC[C@@H](C)NC(=O)[C@@H](Cc1ccccc1)N(Cc1cccc(OC)c1)C(=O)CCCOc1ccc(Cl)cc1. The molecule has 38 heavy (non-hydrogen) atoms. The molecule has 2 atom stereocenters. The molecule has 3 rings (SSSR count). The Bertz CT molecular complexity index is 1150. The van der Waals surface area contributed by atoms with Gasteiger partial charge in [0, 0.05) is 30.5 Å². The number of hydrogen-bond acceptors (Lipinski definition) is 4. The van der Waals surface area contributed by atoms with Crippen molar-refractivity contribution in [2.75, 3.05) is 13.7 Å². The van der Waals surface area contributed by atoms with Gasteiger partial charge in [-0.2, -0.15) is 0 Å². The van der Waals surface area contributed by atoms with Crippen molar-refractivity contribution in [2.24, 2.45) is 0 Å². The molecule has 0 heterocycles. The minimum Gasteiger partial charge on any atom is -0.497 e. The van der Waals surface area contributed by atoms with Crippen LogP contribution in [-0.2, 0) is 22.6 Å². The predicted octanol–water partition coefficient (Wildman–Crippen LogP) is 6.06. The fourth-order valence-corrected chi connectivity index (χ4v) is 4.18. The number of rotatable bonds is 14. The number of carbonyl (C=O) groups excluding carboxylic acids is 2. The maximum atomic E-state index is 13.7. The van der Waals surface area contributed by atoms with Crippen molar-refractivity contribution in [3.63, 3.8) is 0 Å². The molecule has 0 saturated heterocycles. The van der Waals surface area contributed by atoms with Crippen molar-refractivity contribution < 1.29 is 19.1 Å². The van der Waals surface area contributed by atoms with Crippen molar-refractivity contribution >= 4 is 23.4 Å². The second kappa shape index (κ2) is 15.0. The minimum atomic E-state index is -0.665. The van der Waals surface area contributed by atoms with E-state index in [2.05, 4.69) is 5.32 Å². The fourth-order valence-electron chi connectivity index (χ4n) is 4.05. The van der Waals surface area contributed by atoms with Gasteiger partial charge in [-0.3, -0.25) is 9.59 Å². The number of ether oxygens (including phenoxy) is 2. The monoisotopic (exact) mass is 536 g/mol. The zero-order valence-corrected chi connectivity index (χ0v) is 23.1. The number of methoxy groups -OCH3 is 1. The molecular weight excluding hydrogens is 500 g/mol. The van der Waals surface area contributed by atoms with Gasteiger partial charge in [0.05, 0.1) is 13.7 Å².